The molecule has 0 aliphatic carbocycles. The average molecular weight is 363 g/mol. The largest absolute Gasteiger partial charge is 0.481 e. The molecule has 1 unspecified atom stereocenters. The summed E-state index contributed by atoms with van der Waals surface area (Å²) < 4.78 is 1.02. The quantitative estimate of drug-likeness (QED) is 0.781. The van der Waals surface area contributed by atoms with Crippen LogP contribution in [-0.4, -0.2) is 35.1 Å². The van der Waals surface area contributed by atoms with Crippen LogP contribution in [0.15, 0.2) is 15.9 Å². The predicted molar refractivity (Wildman–Crippen MR) is 83.0 cm³/mol. The second-order valence-electron chi connectivity index (χ2n) is 4.72. The van der Waals surface area contributed by atoms with E-state index in [9.17, 15) is 9.59 Å². The fraction of sp³-hybridized carbons (Fsp3) is 0.538. The van der Waals surface area contributed by atoms with Crippen molar-refractivity contribution in [2.75, 3.05) is 7.05 Å². The van der Waals surface area contributed by atoms with Crippen molar-refractivity contribution in [2.24, 2.45) is 0 Å². The van der Waals surface area contributed by atoms with Crippen molar-refractivity contribution in [3.8, 4) is 0 Å². The lowest BCUT2D eigenvalue weighted by Gasteiger charge is -2.20. The van der Waals surface area contributed by atoms with Crippen LogP contribution < -0.4 is 5.32 Å². The van der Waals surface area contributed by atoms with Gasteiger partial charge in [0.05, 0.1) is 6.54 Å². The highest BCUT2D eigenvalue weighted by Gasteiger charge is 2.13. The number of amides is 2. The second kappa shape index (κ2) is 8.26. The minimum atomic E-state index is -0.802. The molecule has 0 bridgehead atoms. The lowest BCUT2D eigenvalue weighted by molar-refractivity contribution is -0.137. The van der Waals surface area contributed by atoms with Gasteiger partial charge in [0.25, 0.3) is 0 Å². The highest BCUT2D eigenvalue weighted by atomic mass is 79.9. The fourth-order valence-electron chi connectivity index (χ4n) is 1.69. The number of hydrogen-bond acceptors (Lipinski definition) is 3. The van der Waals surface area contributed by atoms with Crippen molar-refractivity contribution in [1.29, 1.82) is 0 Å². The summed E-state index contributed by atoms with van der Waals surface area (Å²) in [6, 6.07) is 1.82. The molecule has 0 radical (unpaired) electrons. The predicted octanol–water partition coefficient (Wildman–Crippen LogP) is 3.30. The molecule has 0 aliphatic rings. The van der Waals surface area contributed by atoms with Gasteiger partial charge in [0.1, 0.15) is 0 Å². The Morgan fingerprint density at radius 2 is 2.25 bits per heavy atom. The number of carbonyl (C=O) groups excluding carboxylic acids is 1. The number of nitrogens with one attached hydrogen (secondary N) is 1. The normalized spacial score (nSPS) is 11.9. The van der Waals surface area contributed by atoms with E-state index in [0.29, 0.717) is 19.4 Å². The van der Waals surface area contributed by atoms with Gasteiger partial charge in [0.15, 0.2) is 0 Å². The molecule has 0 fully saturated rings. The number of hydrogen-bond donors (Lipinski definition) is 2. The Hall–Kier alpha value is -1.08. The molecule has 0 aromatic carbocycles. The molecule has 1 atom stereocenters. The van der Waals surface area contributed by atoms with E-state index in [2.05, 4.69) is 21.2 Å². The van der Waals surface area contributed by atoms with E-state index < -0.39 is 5.97 Å². The molecule has 1 heterocycles. The number of urea groups is 1. The number of halogens is 1. The molecule has 0 aliphatic heterocycles. The average Bonchev–Trinajstić information content (AvgIpc) is 2.74. The molecule has 1 aromatic heterocycles. The zero-order chi connectivity index (χ0) is 15.1. The van der Waals surface area contributed by atoms with Gasteiger partial charge in [-0.15, -0.1) is 11.3 Å². The number of carboxylic acid groups (broad SMARTS) is 1. The standard InChI is InChI=1S/C13H19BrN2O3S/c1-9(4-3-5-12(17)18)15-13(19)16(2)7-11-6-10(14)8-20-11/h6,8-9H,3-5,7H2,1-2H3,(H,15,19)(H,17,18). The Morgan fingerprint density at radius 1 is 1.55 bits per heavy atom. The first-order valence-corrected chi connectivity index (χ1v) is 8.02. The highest BCUT2D eigenvalue weighted by Crippen LogP contribution is 2.20. The number of carbonyl (C=O) groups is 2. The molecule has 5 nitrogen and oxygen atoms in total. The summed E-state index contributed by atoms with van der Waals surface area (Å²) >= 11 is 4.98. The van der Waals surface area contributed by atoms with Crippen LogP contribution >= 0.6 is 27.3 Å². The van der Waals surface area contributed by atoms with E-state index in [1.807, 2.05) is 18.4 Å². The van der Waals surface area contributed by atoms with Gasteiger partial charge in [-0.2, -0.15) is 0 Å². The van der Waals surface area contributed by atoms with Gasteiger partial charge in [0.2, 0.25) is 0 Å². The van der Waals surface area contributed by atoms with Crippen LogP contribution in [0.2, 0.25) is 0 Å². The Bertz CT molecular complexity index is 464. The number of carboxylic acids is 1. The molecule has 112 valence electrons. The number of aliphatic carboxylic acids is 1. The summed E-state index contributed by atoms with van der Waals surface area (Å²) in [5, 5.41) is 13.4. The summed E-state index contributed by atoms with van der Waals surface area (Å²) in [4.78, 5) is 25.1. The van der Waals surface area contributed by atoms with Crippen LogP contribution in [0, 0.1) is 0 Å². The van der Waals surface area contributed by atoms with Crippen LogP contribution in [0.25, 0.3) is 0 Å². The lowest BCUT2D eigenvalue weighted by atomic mass is 10.1. The van der Waals surface area contributed by atoms with Crippen molar-refractivity contribution in [3.05, 3.63) is 20.8 Å². The molecule has 7 heteroatoms. The number of rotatable bonds is 7. The molecular formula is C13H19BrN2O3S. The summed E-state index contributed by atoms with van der Waals surface area (Å²) in [5.74, 6) is -0.802. The third-order valence-corrected chi connectivity index (χ3v) is 4.44. The number of thiophene rings is 1. The van der Waals surface area contributed by atoms with Crippen LogP contribution in [0.5, 0.6) is 0 Å². The summed E-state index contributed by atoms with van der Waals surface area (Å²) in [5.41, 5.74) is 0. The zero-order valence-corrected chi connectivity index (χ0v) is 14.0. The molecule has 2 amide bonds. The van der Waals surface area contributed by atoms with Gasteiger partial charge in [-0.3, -0.25) is 4.79 Å². The smallest absolute Gasteiger partial charge is 0.317 e. The molecular weight excluding hydrogens is 344 g/mol. The van der Waals surface area contributed by atoms with Crippen molar-refractivity contribution < 1.29 is 14.7 Å². The SMILES string of the molecule is CC(CCCC(=O)O)NC(=O)N(C)Cc1cc(Br)cs1. The molecule has 20 heavy (non-hydrogen) atoms. The highest BCUT2D eigenvalue weighted by molar-refractivity contribution is 9.10. The minimum absolute atomic E-state index is 0.0284. The first-order valence-electron chi connectivity index (χ1n) is 6.35. The Kier molecular flexibility index (Phi) is 7.01. The summed E-state index contributed by atoms with van der Waals surface area (Å²) in [7, 11) is 1.74. The maximum absolute atomic E-state index is 12.0. The zero-order valence-electron chi connectivity index (χ0n) is 11.6. The second-order valence-corrected chi connectivity index (χ2v) is 6.64. The van der Waals surface area contributed by atoms with Crippen molar-refractivity contribution in [2.45, 2.75) is 38.8 Å². The van der Waals surface area contributed by atoms with E-state index in [0.717, 1.165) is 9.35 Å². The Labute approximate surface area is 131 Å². The summed E-state index contributed by atoms with van der Waals surface area (Å²) in [6.07, 6.45) is 1.37. The van der Waals surface area contributed by atoms with Crippen LogP contribution in [0.3, 0.4) is 0 Å². The molecule has 0 saturated heterocycles. The van der Waals surface area contributed by atoms with Crippen molar-refractivity contribution in [3.63, 3.8) is 0 Å². The topological polar surface area (TPSA) is 69.6 Å². The monoisotopic (exact) mass is 362 g/mol. The van der Waals surface area contributed by atoms with E-state index in [-0.39, 0.29) is 18.5 Å². The van der Waals surface area contributed by atoms with Gasteiger partial charge in [-0.05, 0) is 41.8 Å². The maximum Gasteiger partial charge on any atom is 0.317 e. The van der Waals surface area contributed by atoms with Gasteiger partial charge >= 0.3 is 12.0 Å². The molecule has 1 aromatic rings. The van der Waals surface area contributed by atoms with E-state index >= 15 is 0 Å². The van der Waals surface area contributed by atoms with Crippen molar-refractivity contribution in [1.82, 2.24) is 10.2 Å². The number of nitrogens with zero attached hydrogens (tertiary/aromatic N) is 1. The first-order chi connectivity index (χ1) is 9.38. The molecule has 2 N–H and O–H groups in total. The van der Waals surface area contributed by atoms with E-state index in [1.54, 1.807) is 23.3 Å². The Morgan fingerprint density at radius 3 is 2.80 bits per heavy atom. The van der Waals surface area contributed by atoms with Crippen LogP contribution in [0.1, 0.15) is 31.1 Å². The van der Waals surface area contributed by atoms with Crippen LogP contribution in [0.4, 0.5) is 4.79 Å². The first kappa shape index (κ1) is 17.0. The van der Waals surface area contributed by atoms with Gasteiger partial charge in [-0.25, -0.2) is 4.79 Å². The van der Waals surface area contributed by atoms with Gasteiger partial charge in [-0.1, -0.05) is 0 Å². The molecule has 1 rings (SSSR count). The van der Waals surface area contributed by atoms with Gasteiger partial charge < -0.3 is 15.3 Å². The summed E-state index contributed by atoms with van der Waals surface area (Å²) in [6.45, 7) is 2.44. The lowest BCUT2D eigenvalue weighted by Crippen LogP contribution is -2.41. The van der Waals surface area contributed by atoms with Crippen LogP contribution in [-0.2, 0) is 11.3 Å². The maximum atomic E-state index is 12.0. The van der Waals surface area contributed by atoms with Gasteiger partial charge in [0, 0.05) is 34.2 Å². The molecule has 0 saturated carbocycles. The van der Waals surface area contributed by atoms with E-state index in [1.165, 1.54) is 0 Å². The van der Waals surface area contributed by atoms with E-state index in [4.69, 9.17) is 5.11 Å². The minimum Gasteiger partial charge on any atom is -0.481 e. The van der Waals surface area contributed by atoms with Crippen molar-refractivity contribution >= 4 is 39.3 Å². The third kappa shape index (κ3) is 6.38. The molecule has 0 spiro atoms. The Balaban J connectivity index is 2.31. The fourth-order valence-corrected chi connectivity index (χ4v) is 3.20. The third-order valence-electron chi connectivity index (χ3n) is 2.76.